The Morgan fingerprint density at radius 1 is 1.67 bits per heavy atom. The van der Waals surface area contributed by atoms with Crippen LogP contribution in [0.5, 0.6) is 0 Å². The van der Waals surface area contributed by atoms with Crippen molar-refractivity contribution in [2.24, 2.45) is 0 Å². The number of nitrogens with two attached hydrogens (primary N) is 1. The molecule has 0 unspecified atom stereocenters. The van der Waals surface area contributed by atoms with E-state index in [4.69, 9.17) is 15.9 Å². The summed E-state index contributed by atoms with van der Waals surface area (Å²) in [6.07, 6.45) is 0. The van der Waals surface area contributed by atoms with Gasteiger partial charge in [-0.3, -0.25) is 9.89 Å². The third kappa shape index (κ3) is 2.67. The fourth-order valence-corrected chi connectivity index (χ4v) is 0.924. The molecule has 0 atom stereocenters. The molecule has 84 valence electrons. The predicted molar refractivity (Wildman–Crippen MR) is 53.0 cm³/mol. The van der Waals surface area contributed by atoms with Crippen molar-refractivity contribution >= 4 is 11.7 Å². The first-order valence-corrected chi connectivity index (χ1v) is 4.36. The number of hydrogen-bond donors (Lipinski definition) is 5. The van der Waals surface area contributed by atoms with Gasteiger partial charge >= 0.3 is 0 Å². The highest BCUT2D eigenvalue weighted by molar-refractivity contribution is 5.93. The van der Waals surface area contributed by atoms with Crippen LogP contribution in [0, 0.1) is 0 Å². The van der Waals surface area contributed by atoms with E-state index in [1.165, 1.54) is 13.0 Å². The Hall–Kier alpha value is -1.60. The van der Waals surface area contributed by atoms with Crippen LogP contribution in [0.1, 0.15) is 17.4 Å². The second kappa shape index (κ2) is 4.28. The Bertz CT molecular complexity index is 345. The number of carbonyl (C=O) groups excluding carboxylic acids is 1. The minimum absolute atomic E-state index is 0.181. The third-order valence-electron chi connectivity index (χ3n) is 1.96. The van der Waals surface area contributed by atoms with Gasteiger partial charge in [-0.15, -0.1) is 0 Å². The summed E-state index contributed by atoms with van der Waals surface area (Å²) < 4.78 is 0. The lowest BCUT2D eigenvalue weighted by molar-refractivity contribution is 0.0719. The lowest BCUT2D eigenvalue weighted by atomic mass is 10.1. The van der Waals surface area contributed by atoms with Crippen LogP contribution in [-0.2, 0) is 0 Å². The molecule has 7 nitrogen and oxygen atoms in total. The molecule has 1 rings (SSSR count). The van der Waals surface area contributed by atoms with Gasteiger partial charge in [0.05, 0.1) is 18.8 Å². The lowest BCUT2D eigenvalue weighted by Gasteiger charge is -2.25. The van der Waals surface area contributed by atoms with E-state index in [9.17, 15) is 4.79 Å². The molecule has 0 saturated heterocycles. The molecule has 0 aliphatic carbocycles. The van der Waals surface area contributed by atoms with Crippen molar-refractivity contribution < 1.29 is 15.0 Å². The fraction of sp³-hybridized carbons (Fsp3) is 0.500. The van der Waals surface area contributed by atoms with Crippen LogP contribution in [0.4, 0.5) is 5.82 Å². The first-order valence-electron chi connectivity index (χ1n) is 4.36. The number of amides is 1. The second-order valence-corrected chi connectivity index (χ2v) is 3.54. The highest BCUT2D eigenvalue weighted by Gasteiger charge is 2.25. The molecular weight excluding hydrogens is 200 g/mol. The molecule has 0 spiro atoms. The normalized spacial score (nSPS) is 11.4. The number of aliphatic hydroxyl groups excluding tert-OH is 2. The smallest absolute Gasteiger partial charge is 0.269 e. The molecule has 15 heavy (non-hydrogen) atoms. The summed E-state index contributed by atoms with van der Waals surface area (Å²) in [5, 5.41) is 26.4. The number of aliphatic hydroxyl groups is 2. The molecule has 0 bridgehead atoms. The van der Waals surface area contributed by atoms with Crippen molar-refractivity contribution in [3.8, 4) is 0 Å². The number of aromatic amines is 1. The Kier molecular flexibility index (Phi) is 3.28. The average Bonchev–Trinajstić information content (AvgIpc) is 2.65. The number of carbonyl (C=O) groups is 1. The Balaban J connectivity index is 2.71. The molecule has 1 heterocycles. The van der Waals surface area contributed by atoms with Gasteiger partial charge in [-0.1, -0.05) is 0 Å². The lowest BCUT2D eigenvalue weighted by Crippen LogP contribution is -2.51. The van der Waals surface area contributed by atoms with Crippen LogP contribution in [0.3, 0.4) is 0 Å². The number of nitrogens with zero attached hydrogens (tertiary/aromatic N) is 1. The van der Waals surface area contributed by atoms with Crippen LogP contribution >= 0.6 is 0 Å². The molecule has 6 N–H and O–H groups in total. The van der Waals surface area contributed by atoms with Crippen LogP contribution < -0.4 is 11.1 Å². The molecule has 0 radical (unpaired) electrons. The van der Waals surface area contributed by atoms with Gasteiger partial charge in [-0.2, -0.15) is 5.10 Å². The van der Waals surface area contributed by atoms with Gasteiger partial charge < -0.3 is 21.3 Å². The molecule has 0 aromatic carbocycles. The largest absolute Gasteiger partial charge is 0.394 e. The zero-order valence-electron chi connectivity index (χ0n) is 8.32. The number of rotatable bonds is 4. The van der Waals surface area contributed by atoms with E-state index in [0.717, 1.165) is 0 Å². The van der Waals surface area contributed by atoms with Gasteiger partial charge in [-0.05, 0) is 6.92 Å². The van der Waals surface area contributed by atoms with E-state index < -0.39 is 11.4 Å². The zero-order valence-corrected chi connectivity index (χ0v) is 8.32. The molecule has 0 aliphatic heterocycles. The van der Waals surface area contributed by atoms with Crippen molar-refractivity contribution in [2.75, 3.05) is 18.9 Å². The summed E-state index contributed by atoms with van der Waals surface area (Å²) in [4.78, 5) is 11.5. The number of nitrogens with one attached hydrogen (secondary N) is 2. The van der Waals surface area contributed by atoms with Gasteiger partial charge in [0.25, 0.3) is 5.91 Å². The molecule has 1 aromatic rings. The van der Waals surface area contributed by atoms with Crippen molar-refractivity contribution in [3.63, 3.8) is 0 Å². The maximum Gasteiger partial charge on any atom is 0.269 e. The fourth-order valence-electron chi connectivity index (χ4n) is 0.924. The summed E-state index contributed by atoms with van der Waals surface area (Å²) in [5.74, 6) is -0.278. The van der Waals surface area contributed by atoms with Gasteiger partial charge in [0.15, 0.2) is 0 Å². The quantitative estimate of drug-likeness (QED) is 0.415. The van der Waals surface area contributed by atoms with Crippen LogP contribution in [0.25, 0.3) is 0 Å². The number of hydrogen-bond acceptors (Lipinski definition) is 5. The van der Waals surface area contributed by atoms with Gasteiger partial charge in [0, 0.05) is 6.07 Å². The summed E-state index contributed by atoms with van der Waals surface area (Å²) in [6, 6.07) is 1.37. The molecule has 0 aliphatic rings. The minimum atomic E-state index is -1.06. The summed E-state index contributed by atoms with van der Waals surface area (Å²) in [7, 11) is 0. The van der Waals surface area contributed by atoms with Crippen LogP contribution in [0.15, 0.2) is 6.07 Å². The maximum absolute atomic E-state index is 11.5. The SMILES string of the molecule is CC(CO)(CO)NC(=O)c1cc(N)n[nH]1. The highest BCUT2D eigenvalue weighted by atomic mass is 16.3. The van der Waals surface area contributed by atoms with E-state index in [1.54, 1.807) is 0 Å². The zero-order chi connectivity index (χ0) is 11.5. The van der Waals surface area contributed by atoms with Crippen molar-refractivity contribution in [2.45, 2.75) is 12.5 Å². The standard InChI is InChI=1S/C8H14N4O3/c1-8(3-13,4-14)10-7(15)5-2-6(9)12-11-5/h2,13-14H,3-4H2,1H3,(H,10,15)(H3,9,11,12). The molecule has 0 saturated carbocycles. The Morgan fingerprint density at radius 3 is 2.67 bits per heavy atom. The molecule has 1 amide bonds. The van der Waals surface area contributed by atoms with Crippen LogP contribution in [0.2, 0.25) is 0 Å². The maximum atomic E-state index is 11.5. The van der Waals surface area contributed by atoms with E-state index in [0.29, 0.717) is 0 Å². The Labute approximate surface area is 86.3 Å². The molecule has 1 aromatic heterocycles. The van der Waals surface area contributed by atoms with Crippen molar-refractivity contribution in [3.05, 3.63) is 11.8 Å². The Morgan fingerprint density at radius 2 is 2.27 bits per heavy atom. The highest BCUT2D eigenvalue weighted by Crippen LogP contribution is 2.05. The van der Waals surface area contributed by atoms with E-state index in [1.807, 2.05) is 0 Å². The first-order chi connectivity index (χ1) is 7.00. The number of H-pyrrole nitrogens is 1. The molecular formula is C8H14N4O3. The average molecular weight is 214 g/mol. The van der Waals surface area contributed by atoms with E-state index in [2.05, 4.69) is 15.5 Å². The topological polar surface area (TPSA) is 124 Å². The molecule has 0 fully saturated rings. The predicted octanol–water partition coefficient (Wildman–Crippen LogP) is -1.54. The van der Waals surface area contributed by atoms with Gasteiger partial charge in [-0.25, -0.2) is 0 Å². The monoisotopic (exact) mass is 214 g/mol. The van der Waals surface area contributed by atoms with Crippen molar-refractivity contribution in [1.82, 2.24) is 15.5 Å². The first kappa shape index (κ1) is 11.5. The van der Waals surface area contributed by atoms with E-state index in [-0.39, 0.29) is 24.7 Å². The summed E-state index contributed by atoms with van der Waals surface area (Å²) in [6.45, 7) is 0.794. The number of nitrogen functional groups attached to an aromatic ring is 1. The summed E-state index contributed by atoms with van der Waals surface area (Å²) in [5.41, 5.74) is 4.45. The van der Waals surface area contributed by atoms with Crippen molar-refractivity contribution in [1.29, 1.82) is 0 Å². The van der Waals surface area contributed by atoms with E-state index >= 15 is 0 Å². The number of anilines is 1. The summed E-state index contributed by atoms with van der Waals surface area (Å²) >= 11 is 0. The second-order valence-electron chi connectivity index (χ2n) is 3.54. The van der Waals surface area contributed by atoms with Gasteiger partial charge in [0.2, 0.25) is 0 Å². The molecule has 7 heteroatoms. The third-order valence-corrected chi connectivity index (χ3v) is 1.96. The minimum Gasteiger partial charge on any atom is -0.394 e. The van der Waals surface area contributed by atoms with Crippen LogP contribution in [-0.4, -0.2) is 45.1 Å². The van der Waals surface area contributed by atoms with Gasteiger partial charge in [0.1, 0.15) is 11.5 Å². The number of aromatic nitrogens is 2.